The minimum Gasteiger partial charge on any atom is -0.350 e. The Morgan fingerprint density at radius 1 is 1.18 bits per heavy atom. The van der Waals surface area contributed by atoms with Crippen LogP contribution in [0.2, 0.25) is 0 Å². The van der Waals surface area contributed by atoms with E-state index in [1.807, 2.05) is 6.92 Å². The fourth-order valence-corrected chi connectivity index (χ4v) is 5.91. The molecule has 0 spiro atoms. The third-order valence-corrected chi connectivity index (χ3v) is 6.61. The monoisotopic (exact) mass is 317 g/mol. The van der Waals surface area contributed by atoms with Crippen LogP contribution in [0.15, 0.2) is 23.6 Å². The molecule has 1 atom stereocenters. The van der Waals surface area contributed by atoms with E-state index < -0.39 is 0 Å². The average Bonchev–Trinajstić information content (AvgIpc) is 2.46. The van der Waals surface area contributed by atoms with Crippen LogP contribution in [0, 0.1) is 17.8 Å². The van der Waals surface area contributed by atoms with Gasteiger partial charge in [0.2, 0.25) is 5.91 Å². The van der Waals surface area contributed by atoms with Crippen molar-refractivity contribution in [1.29, 1.82) is 0 Å². The Hall–Kier alpha value is -1.10. The van der Waals surface area contributed by atoms with E-state index in [0.717, 1.165) is 17.8 Å². The van der Waals surface area contributed by atoms with Gasteiger partial charge in [-0.1, -0.05) is 11.8 Å². The Balaban J connectivity index is 1.41. The number of amides is 1. The van der Waals surface area contributed by atoms with Gasteiger partial charge in [-0.15, -0.1) is 0 Å². The van der Waals surface area contributed by atoms with Gasteiger partial charge in [-0.3, -0.25) is 4.79 Å². The van der Waals surface area contributed by atoms with E-state index in [2.05, 4.69) is 15.3 Å². The molecule has 118 valence electrons. The van der Waals surface area contributed by atoms with Crippen molar-refractivity contribution in [2.75, 3.05) is 0 Å². The number of carbonyl (C=O) groups excluding carboxylic acids is 1. The number of nitrogens with zero attached hydrogens (tertiary/aromatic N) is 2. The van der Waals surface area contributed by atoms with Gasteiger partial charge >= 0.3 is 0 Å². The maximum Gasteiger partial charge on any atom is 0.233 e. The van der Waals surface area contributed by atoms with Crippen LogP contribution < -0.4 is 5.32 Å². The third-order valence-electron chi connectivity index (χ3n) is 5.62. The molecule has 0 radical (unpaired) electrons. The molecule has 4 nitrogen and oxygen atoms in total. The molecule has 1 aromatic heterocycles. The van der Waals surface area contributed by atoms with Crippen LogP contribution >= 0.6 is 11.8 Å². The van der Waals surface area contributed by atoms with Crippen molar-refractivity contribution in [3.63, 3.8) is 0 Å². The quantitative estimate of drug-likeness (QED) is 0.685. The maximum atomic E-state index is 12.6. The Bertz CT molecular complexity index is 527. The minimum atomic E-state index is -0.143. The predicted octanol–water partition coefficient (Wildman–Crippen LogP) is 3.04. The van der Waals surface area contributed by atoms with E-state index in [1.165, 1.54) is 50.3 Å². The lowest BCUT2D eigenvalue weighted by Crippen LogP contribution is -2.60. The molecule has 0 aromatic carbocycles. The highest BCUT2D eigenvalue weighted by atomic mass is 32.2. The van der Waals surface area contributed by atoms with E-state index in [1.54, 1.807) is 18.5 Å². The van der Waals surface area contributed by atoms with Crippen LogP contribution in [0.3, 0.4) is 0 Å². The zero-order valence-corrected chi connectivity index (χ0v) is 13.8. The Morgan fingerprint density at radius 3 is 2.27 bits per heavy atom. The van der Waals surface area contributed by atoms with Crippen LogP contribution in [0.5, 0.6) is 0 Å². The maximum absolute atomic E-state index is 12.6. The van der Waals surface area contributed by atoms with E-state index >= 15 is 0 Å². The highest BCUT2D eigenvalue weighted by Gasteiger charge is 2.51. The molecule has 0 saturated heterocycles. The Labute approximate surface area is 135 Å². The summed E-state index contributed by atoms with van der Waals surface area (Å²) < 4.78 is 0. The molecule has 1 aromatic rings. The van der Waals surface area contributed by atoms with E-state index in [0.29, 0.717) is 5.16 Å². The largest absolute Gasteiger partial charge is 0.350 e. The van der Waals surface area contributed by atoms with Crippen molar-refractivity contribution in [3.05, 3.63) is 18.5 Å². The van der Waals surface area contributed by atoms with Gasteiger partial charge in [-0.05, 0) is 69.3 Å². The van der Waals surface area contributed by atoms with Crippen molar-refractivity contribution in [3.8, 4) is 0 Å². The van der Waals surface area contributed by atoms with Crippen LogP contribution in [-0.2, 0) is 4.79 Å². The number of hydrogen-bond donors (Lipinski definition) is 1. The van der Waals surface area contributed by atoms with Gasteiger partial charge in [0, 0.05) is 17.9 Å². The third kappa shape index (κ3) is 2.75. The lowest BCUT2D eigenvalue weighted by Gasteiger charge is -2.57. The van der Waals surface area contributed by atoms with Gasteiger partial charge in [0.25, 0.3) is 0 Å². The lowest BCUT2D eigenvalue weighted by atomic mass is 9.53. The van der Waals surface area contributed by atoms with Gasteiger partial charge < -0.3 is 5.32 Å². The fourth-order valence-electron chi connectivity index (χ4n) is 5.18. The van der Waals surface area contributed by atoms with Crippen molar-refractivity contribution in [2.45, 2.75) is 61.4 Å². The minimum absolute atomic E-state index is 0.0954. The van der Waals surface area contributed by atoms with Crippen LogP contribution in [-0.4, -0.2) is 26.7 Å². The SMILES string of the molecule is C[C@@H](Sc1ncccn1)C(=O)NC12CC3CC(CC(C3)C1)C2. The first kappa shape index (κ1) is 14.5. The number of rotatable bonds is 4. The van der Waals surface area contributed by atoms with Gasteiger partial charge in [-0.2, -0.15) is 0 Å². The second-order valence-electron chi connectivity index (χ2n) is 7.48. The summed E-state index contributed by atoms with van der Waals surface area (Å²) in [5.41, 5.74) is 0.0954. The van der Waals surface area contributed by atoms with Crippen LogP contribution in [0.1, 0.15) is 45.4 Å². The smallest absolute Gasteiger partial charge is 0.233 e. The highest BCUT2D eigenvalue weighted by molar-refractivity contribution is 8.00. The first-order valence-electron chi connectivity index (χ1n) is 8.38. The van der Waals surface area contributed by atoms with Crippen molar-refractivity contribution < 1.29 is 4.79 Å². The zero-order chi connectivity index (χ0) is 15.2. The summed E-state index contributed by atoms with van der Waals surface area (Å²) >= 11 is 1.45. The molecule has 1 N–H and O–H groups in total. The molecule has 5 rings (SSSR count). The molecular formula is C17H23N3OS. The molecular weight excluding hydrogens is 294 g/mol. The standard InChI is InChI=1S/C17H23N3OS/c1-11(22-16-18-3-2-4-19-16)15(21)20-17-8-12-5-13(9-17)7-14(6-12)10-17/h2-4,11-14H,5-10H2,1H3,(H,20,21)/t11-,12?,13?,14?,17?/m1/s1. The van der Waals surface area contributed by atoms with Gasteiger partial charge in [0.15, 0.2) is 5.16 Å². The summed E-state index contributed by atoms with van der Waals surface area (Å²) in [4.78, 5) is 21.0. The van der Waals surface area contributed by atoms with E-state index in [9.17, 15) is 4.79 Å². The molecule has 5 heteroatoms. The summed E-state index contributed by atoms with van der Waals surface area (Å²) in [5.74, 6) is 2.71. The second kappa shape index (κ2) is 5.52. The summed E-state index contributed by atoms with van der Waals surface area (Å²) in [7, 11) is 0. The normalized spacial score (nSPS) is 37.0. The van der Waals surface area contributed by atoms with Gasteiger partial charge in [-0.25, -0.2) is 9.97 Å². The fraction of sp³-hybridized carbons (Fsp3) is 0.706. The molecule has 0 aliphatic heterocycles. The predicted molar refractivity (Wildman–Crippen MR) is 86.4 cm³/mol. The van der Waals surface area contributed by atoms with Gasteiger partial charge in [0.05, 0.1) is 5.25 Å². The molecule has 1 amide bonds. The first-order valence-corrected chi connectivity index (χ1v) is 9.25. The molecule has 4 aliphatic rings. The summed E-state index contributed by atoms with van der Waals surface area (Å²) in [5, 5.41) is 3.96. The topological polar surface area (TPSA) is 54.9 Å². The van der Waals surface area contributed by atoms with Gasteiger partial charge in [0.1, 0.15) is 0 Å². The molecule has 4 fully saturated rings. The zero-order valence-electron chi connectivity index (χ0n) is 13.0. The van der Waals surface area contributed by atoms with Crippen molar-refractivity contribution in [1.82, 2.24) is 15.3 Å². The molecule has 22 heavy (non-hydrogen) atoms. The number of hydrogen-bond acceptors (Lipinski definition) is 4. The van der Waals surface area contributed by atoms with E-state index in [4.69, 9.17) is 0 Å². The van der Waals surface area contributed by atoms with Crippen LogP contribution in [0.4, 0.5) is 0 Å². The Kier molecular flexibility index (Phi) is 3.63. The van der Waals surface area contributed by atoms with E-state index in [-0.39, 0.29) is 16.7 Å². The molecule has 4 aliphatic carbocycles. The lowest BCUT2D eigenvalue weighted by molar-refractivity contribution is -0.126. The number of nitrogens with one attached hydrogen (secondary N) is 1. The summed E-state index contributed by atoms with van der Waals surface area (Å²) in [6.45, 7) is 1.96. The van der Waals surface area contributed by atoms with Crippen LogP contribution in [0.25, 0.3) is 0 Å². The number of thioether (sulfide) groups is 1. The molecule has 4 saturated carbocycles. The molecule has 0 unspecified atom stereocenters. The van der Waals surface area contributed by atoms with Crippen molar-refractivity contribution >= 4 is 17.7 Å². The number of aromatic nitrogens is 2. The summed E-state index contributed by atoms with van der Waals surface area (Å²) in [6, 6.07) is 1.80. The van der Waals surface area contributed by atoms with Crippen molar-refractivity contribution in [2.24, 2.45) is 17.8 Å². The highest BCUT2D eigenvalue weighted by Crippen LogP contribution is 2.55. The second-order valence-corrected chi connectivity index (χ2v) is 8.79. The first-order chi connectivity index (χ1) is 10.6. The summed E-state index contributed by atoms with van der Waals surface area (Å²) in [6.07, 6.45) is 11.2. The average molecular weight is 317 g/mol. The number of carbonyl (C=O) groups is 1. The molecule has 1 heterocycles. The Morgan fingerprint density at radius 2 is 1.73 bits per heavy atom. The molecule has 4 bridgehead atoms.